The summed E-state index contributed by atoms with van der Waals surface area (Å²) in [6.45, 7) is 4.66. The molecule has 1 aliphatic rings. The Labute approximate surface area is 309 Å². The van der Waals surface area contributed by atoms with Crippen molar-refractivity contribution < 1.29 is 8.83 Å². The zero-order valence-corrected chi connectivity index (χ0v) is 29.6. The molecule has 0 unspecified atom stereocenters. The number of aromatic nitrogens is 3. The standard InChI is InChI=1S/C49H31N3O2/c1-49(2)37-17-7-3-12-29(37)34-25-35-30-13-4-8-18-41(30)52(42(35)26-38(34)49)48-50-39(28-22-23-45-36(24-28)31-14-5-9-19-43(31)53-45)27-40(51-48)32-16-11-21-46-47(32)33-15-6-10-20-44(33)54-46/h3-27H,1-2H3. The molecule has 254 valence electrons. The highest BCUT2D eigenvalue weighted by atomic mass is 16.3. The smallest absolute Gasteiger partial charge is 0.235 e. The van der Waals surface area contributed by atoms with Gasteiger partial charge in [0.05, 0.1) is 22.4 Å². The van der Waals surface area contributed by atoms with Gasteiger partial charge in [-0.3, -0.25) is 4.57 Å². The van der Waals surface area contributed by atoms with Crippen LogP contribution in [0.4, 0.5) is 0 Å². The second kappa shape index (κ2) is 10.6. The topological polar surface area (TPSA) is 57.0 Å². The van der Waals surface area contributed by atoms with Crippen LogP contribution in [-0.4, -0.2) is 14.5 Å². The first-order valence-electron chi connectivity index (χ1n) is 18.4. The van der Waals surface area contributed by atoms with E-state index < -0.39 is 0 Å². The second-order valence-corrected chi connectivity index (χ2v) is 15.0. The van der Waals surface area contributed by atoms with Gasteiger partial charge < -0.3 is 8.83 Å². The molecule has 0 aliphatic heterocycles. The lowest BCUT2D eigenvalue weighted by atomic mass is 9.82. The van der Waals surface area contributed by atoms with Gasteiger partial charge in [-0.15, -0.1) is 0 Å². The Bertz CT molecular complexity index is 3380. The van der Waals surface area contributed by atoms with Crippen molar-refractivity contribution in [3.8, 4) is 39.6 Å². The number of hydrogen-bond acceptors (Lipinski definition) is 4. The summed E-state index contributed by atoms with van der Waals surface area (Å²) in [6.07, 6.45) is 0. The molecular weight excluding hydrogens is 663 g/mol. The Hall–Kier alpha value is -6.98. The third-order valence-electron chi connectivity index (χ3n) is 11.6. The van der Waals surface area contributed by atoms with Crippen LogP contribution in [0.3, 0.4) is 0 Å². The second-order valence-electron chi connectivity index (χ2n) is 15.0. The van der Waals surface area contributed by atoms with Gasteiger partial charge in [0.1, 0.15) is 22.3 Å². The van der Waals surface area contributed by atoms with Crippen molar-refractivity contribution in [1.29, 1.82) is 0 Å². The van der Waals surface area contributed by atoms with Gasteiger partial charge in [-0.2, -0.15) is 0 Å². The molecule has 0 saturated heterocycles. The summed E-state index contributed by atoms with van der Waals surface area (Å²) in [5.41, 5.74) is 14.3. The summed E-state index contributed by atoms with van der Waals surface area (Å²) in [7, 11) is 0. The van der Waals surface area contributed by atoms with Gasteiger partial charge in [0.2, 0.25) is 5.95 Å². The van der Waals surface area contributed by atoms with Crippen LogP contribution in [0.25, 0.3) is 105 Å². The Kier molecular flexibility index (Phi) is 5.78. The highest BCUT2D eigenvalue weighted by Crippen LogP contribution is 2.51. The zero-order valence-electron chi connectivity index (χ0n) is 29.6. The highest BCUT2D eigenvalue weighted by Gasteiger charge is 2.36. The maximum absolute atomic E-state index is 6.36. The maximum atomic E-state index is 6.36. The van der Waals surface area contributed by atoms with E-state index in [1.165, 1.54) is 33.0 Å². The molecule has 0 N–H and O–H groups in total. The van der Waals surface area contributed by atoms with E-state index in [1.54, 1.807) is 0 Å². The number of fused-ring (bicyclic) bond motifs is 12. The predicted molar refractivity (Wildman–Crippen MR) is 219 cm³/mol. The lowest BCUT2D eigenvalue weighted by Gasteiger charge is -2.21. The van der Waals surface area contributed by atoms with Crippen LogP contribution in [0.15, 0.2) is 160 Å². The number of benzene rings is 7. The molecule has 0 fully saturated rings. The molecule has 11 aromatic rings. The molecule has 0 radical (unpaired) electrons. The highest BCUT2D eigenvalue weighted by molar-refractivity contribution is 6.13. The van der Waals surface area contributed by atoms with Crippen LogP contribution in [0.5, 0.6) is 0 Å². The average molecular weight is 694 g/mol. The molecular formula is C49H31N3O2. The fourth-order valence-electron chi connectivity index (χ4n) is 9.07. The van der Waals surface area contributed by atoms with E-state index in [0.717, 1.165) is 77.4 Å². The van der Waals surface area contributed by atoms with Crippen molar-refractivity contribution in [2.45, 2.75) is 19.3 Å². The Morgan fingerprint density at radius 1 is 0.444 bits per heavy atom. The number of hydrogen-bond donors (Lipinski definition) is 0. The fourth-order valence-corrected chi connectivity index (χ4v) is 9.07. The molecule has 1 aliphatic carbocycles. The summed E-state index contributed by atoms with van der Waals surface area (Å²) >= 11 is 0. The molecule has 0 atom stereocenters. The van der Waals surface area contributed by atoms with E-state index in [2.05, 4.69) is 140 Å². The summed E-state index contributed by atoms with van der Waals surface area (Å²) < 4.78 is 14.8. The molecule has 5 nitrogen and oxygen atoms in total. The average Bonchev–Trinajstić information content (AvgIpc) is 3.93. The van der Waals surface area contributed by atoms with Gasteiger partial charge in [0.25, 0.3) is 0 Å². The Balaban J connectivity index is 1.18. The first-order chi connectivity index (χ1) is 26.5. The molecule has 4 heterocycles. The van der Waals surface area contributed by atoms with Gasteiger partial charge in [-0.05, 0) is 82.9 Å². The maximum Gasteiger partial charge on any atom is 0.235 e. The van der Waals surface area contributed by atoms with E-state index >= 15 is 0 Å². The quantitative estimate of drug-likeness (QED) is 0.185. The van der Waals surface area contributed by atoms with E-state index in [1.807, 2.05) is 30.3 Å². The van der Waals surface area contributed by atoms with E-state index in [9.17, 15) is 0 Å². The van der Waals surface area contributed by atoms with Crippen LogP contribution < -0.4 is 0 Å². The van der Waals surface area contributed by atoms with Crippen LogP contribution >= 0.6 is 0 Å². The minimum absolute atomic E-state index is 0.157. The molecule has 5 heteroatoms. The van der Waals surface area contributed by atoms with Crippen molar-refractivity contribution in [2.75, 3.05) is 0 Å². The fraction of sp³-hybridized carbons (Fsp3) is 0.0612. The zero-order chi connectivity index (χ0) is 35.7. The molecule has 54 heavy (non-hydrogen) atoms. The number of nitrogens with zero attached hydrogens (tertiary/aromatic N) is 3. The molecule has 4 aromatic heterocycles. The van der Waals surface area contributed by atoms with Gasteiger partial charge in [0, 0.05) is 48.9 Å². The van der Waals surface area contributed by atoms with Crippen molar-refractivity contribution in [2.24, 2.45) is 0 Å². The van der Waals surface area contributed by atoms with Crippen LogP contribution in [0.1, 0.15) is 25.0 Å². The lowest BCUT2D eigenvalue weighted by Crippen LogP contribution is -2.15. The summed E-state index contributed by atoms with van der Waals surface area (Å²) in [5.74, 6) is 0.615. The van der Waals surface area contributed by atoms with E-state index in [4.69, 9.17) is 18.8 Å². The van der Waals surface area contributed by atoms with Crippen molar-refractivity contribution in [1.82, 2.24) is 14.5 Å². The van der Waals surface area contributed by atoms with Crippen LogP contribution in [-0.2, 0) is 5.41 Å². The summed E-state index contributed by atoms with van der Waals surface area (Å²) in [4.78, 5) is 10.9. The minimum atomic E-state index is -0.157. The van der Waals surface area contributed by atoms with Crippen molar-refractivity contribution in [3.05, 3.63) is 163 Å². The Morgan fingerprint density at radius 2 is 1.11 bits per heavy atom. The van der Waals surface area contributed by atoms with Crippen LogP contribution in [0.2, 0.25) is 0 Å². The van der Waals surface area contributed by atoms with Gasteiger partial charge in [0.15, 0.2) is 0 Å². The minimum Gasteiger partial charge on any atom is -0.456 e. The molecule has 0 amide bonds. The Morgan fingerprint density at radius 3 is 2.00 bits per heavy atom. The van der Waals surface area contributed by atoms with E-state index in [0.29, 0.717) is 5.95 Å². The monoisotopic (exact) mass is 693 g/mol. The normalized spacial score (nSPS) is 13.5. The molecule has 0 saturated carbocycles. The van der Waals surface area contributed by atoms with Crippen molar-refractivity contribution >= 4 is 65.7 Å². The summed E-state index contributed by atoms with van der Waals surface area (Å²) in [6, 6.07) is 53.3. The third kappa shape index (κ3) is 3.98. The first kappa shape index (κ1) is 29.6. The summed E-state index contributed by atoms with van der Waals surface area (Å²) in [5, 5.41) is 6.59. The largest absolute Gasteiger partial charge is 0.456 e. The number of furan rings is 2. The van der Waals surface area contributed by atoms with Gasteiger partial charge >= 0.3 is 0 Å². The molecule has 12 rings (SSSR count). The van der Waals surface area contributed by atoms with Gasteiger partial charge in [-0.25, -0.2) is 9.97 Å². The third-order valence-corrected chi connectivity index (χ3v) is 11.6. The van der Waals surface area contributed by atoms with Crippen LogP contribution in [0, 0.1) is 0 Å². The molecule has 7 aromatic carbocycles. The lowest BCUT2D eigenvalue weighted by molar-refractivity contribution is 0.661. The van der Waals surface area contributed by atoms with Gasteiger partial charge in [-0.1, -0.05) is 105 Å². The number of para-hydroxylation sites is 3. The molecule has 0 bridgehead atoms. The molecule has 0 spiro atoms. The predicted octanol–water partition coefficient (Wildman–Crippen LogP) is 13.0. The SMILES string of the molecule is CC1(C)c2ccccc2-c2cc3c4ccccc4n(-c4nc(-c5ccc6oc7ccccc7c6c5)cc(-c5cccc6oc7ccccc7c56)n4)c3cc21. The van der Waals surface area contributed by atoms with Crippen molar-refractivity contribution in [3.63, 3.8) is 0 Å². The first-order valence-corrected chi connectivity index (χ1v) is 18.4. The number of rotatable bonds is 3. The van der Waals surface area contributed by atoms with E-state index in [-0.39, 0.29) is 5.41 Å².